The molecule has 0 spiro atoms. The van der Waals surface area contributed by atoms with Gasteiger partial charge in [-0.15, -0.1) is 10.2 Å². The van der Waals surface area contributed by atoms with E-state index >= 15 is 0 Å². The van der Waals surface area contributed by atoms with Crippen LogP contribution in [-0.4, -0.2) is 31.9 Å². The summed E-state index contributed by atoms with van der Waals surface area (Å²) in [4.78, 5) is 22.5. The minimum atomic E-state index is -0.499. The largest absolute Gasteiger partial charge is 0.508 e. The van der Waals surface area contributed by atoms with E-state index in [9.17, 15) is 20.0 Å². The molecule has 138 valence electrons. The summed E-state index contributed by atoms with van der Waals surface area (Å²) in [7, 11) is 0. The number of phenolic OH excluding ortho intramolecular Hbond substituents is 1. The first-order valence-corrected chi connectivity index (χ1v) is 8.71. The minimum Gasteiger partial charge on any atom is -0.508 e. The van der Waals surface area contributed by atoms with Crippen LogP contribution in [0.15, 0.2) is 52.1 Å². The number of aromatic nitrogens is 2. The number of hydrogen-bond donors (Lipinski definition) is 2. The number of benzene rings is 2. The highest BCUT2D eigenvalue weighted by Gasteiger charge is 2.14. The van der Waals surface area contributed by atoms with Crippen LogP contribution in [0.1, 0.15) is 5.56 Å². The van der Waals surface area contributed by atoms with Crippen LogP contribution in [0.2, 0.25) is 0 Å². The molecule has 0 unspecified atom stereocenters. The second kappa shape index (κ2) is 7.87. The Hall–Kier alpha value is -3.40. The summed E-state index contributed by atoms with van der Waals surface area (Å²) in [5, 5.41) is 30.9. The molecule has 0 aliphatic heterocycles. The number of carbonyl (C=O) groups excluding carboxylic acids is 1. The van der Waals surface area contributed by atoms with E-state index in [1.54, 1.807) is 31.2 Å². The number of nitro benzene ring substituents is 1. The van der Waals surface area contributed by atoms with Gasteiger partial charge in [0.15, 0.2) is 0 Å². The van der Waals surface area contributed by atoms with E-state index in [4.69, 9.17) is 4.42 Å². The van der Waals surface area contributed by atoms with E-state index in [0.29, 0.717) is 16.8 Å². The second-order valence-electron chi connectivity index (χ2n) is 5.52. The van der Waals surface area contributed by atoms with Crippen LogP contribution in [0.4, 0.5) is 11.4 Å². The van der Waals surface area contributed by atoms with Gasteiger partial charge in [-0.25, -0.2) is 0 Å². The normalized spacial score (nSPS) is 10.6. The Morgan fingerprint density at radius 2 is 2.11 bits per heavy atom. The molecule has 1 heterocycles. The highest BCUT2D eigenvalue weighted by molar-refractivity contribution is 7.99. The highest BCUT2D eigenvalue weighted by atomic mass is 32.2. The number of hydrogen-bond acceptors (Lipinski definition) is 8. The van der Waals surface area contributed by atoms with E-state index in [1.807, 2.05) is 0 Å². The highest BCUT2D eigenvalue weighted by Crippen LogP contribution is 2.26. The second-order valence-corrected chi connectivity index (χ2v) is 6.45. The maximum absolute atomic E-state index is 12.0. The van der Waals surface area contributed by atoms with Crippen molar-refractivity contribution in [2.75, 3.05) is 11.1 Å². The van der Waals surface area contributed by atoms with E-state index in [0.717, 1.165) is 11.8 Å². The molecule has 0 radical (unpaired) electrons. The Labute approximate surface area is 157 Å². The molecule has 10 heteroatoms. The zero-order valence-electron chi connectivity index (χ0n) is 14.1. The summed E-state index contributed by atoms with van der Waals surface area (Å²) in [6.07, 6.45) is 0. The predicted octanol–water partition coefficient (Wildman–Crippen LogP) is 3.39. The average Bonchev–Trinajstić information content (AvgIpc) is 3.10. The van der Waals surface area contributed by atoms with Crippen molar-refractivity contribution in [3.63, 3.8) is 0 Å². The zero-order chi connectivity index (χ0) is 19.4. The van der Waals surface area contributed by atoms with Crippen molar-refractivity contribution in [1.82, 2.24) is 10.2 Å². The Bertz CT molecular complexity index is 1000. The van der Waals surface area contributed by atoms with Gasteiger partial charge in [0, 0.05) is 22.9 Å². The third-order valence-electron chi connectivity index (χ3n) is 3.52. The first-order chi connectivity index (χ1) is 12.9. The molecule has 0 aliphatic rings. The number of anilines is 1. The maximum atomic E-state index is 12.0. The van der Waals surface area contributed by atoms with Gasteiger partial charge in [-0.2, -0.15) is 0 Å². The van der Waals surface area contributed by atoms with Crippen molar-refractivity contribution >= 4 is 29.0 Å². The van der Waals surface area contributed by atoms with Gasteiger partial charge in [0.05, 0.1) is 10.7 Å². The molecule has 2 N–H and O–H groups in total. The molecule has 0 saturated carbocycles. The van der Waals surface area contributed by atoms with E-state index in [-0.39, 0.29) is 34.2 Å². The lowest BCUT2D eigenvalue weighted by Gasteiger charge is -2.05. The van der Waals surface area contributed by atoms with Gasteiger partial charge in [0.25, 0.3) is 10.9 Å². The molecule has 0 atom stereocenters. The van der Waals surface area contributed by atoms with Crippen molar-refractivity contribution in [1.29, 1.82) is 0 Å². The van der Waals surface area contributed by atoms with E-state index in [2.05, 4.69) is 15.5 Å². The maximum Gasteiger partial charge on any atom is 0.277 e. The third kappa shape index (κ3) is 4.61. The molecule has 27 heavy (non-hydrogen) atoms. The first kappa shape index (κ1) is 18.4. The van der Waals surface area contributed by atoms with Gasteiger partial charge in [0.2, 0.25) is 11.8 Å². The molecule has 2 aromatic carbocycles. The molecule has 3 rings (SSSR count). The molecular formula is C17H14N4O5S. The topological polar surface area (TPSA) is 131 Å². The number of carbonyl (C=O) groups is 1. The average molecular weight is 386 g/mol. The van der Waals surface area contributed by atoms with Crippen LogP contribution < -0.4 is 5.32 Å². The standard InChI is InChI=1S/C17H14N4O5S/c1-10-5-6-12(8-14(10)21(24)25)18-15(23)9-27-17-20-19-16(26-17)11-3-2-4-13(22)7-11/h2-8,22H,9H2,1H3,(H,18,23). The molecule has 0 saturated heterocycles. The lowest BCUT2D eigenvalue weighted by Crippen LogP contribution is -2.14. The van der Waals surface area contributed by atoms with Gasteiger partial charge in [0.1, 0.15) is 5.75 Å². The summed E-state index contributed by atoms with van der Waals surface area (Å²) < 4.78 is 5.45. The van der Waals surface area contributed by atoms with Crippen LogP contribution >= 0.6 is 11.8 Å². The fraction of sp³-hybridized carbons (Fsp3) is 0.118. The molecule has 0 fully saturated rings. The quantitative estimate of drug-likeness (QED) is 0.374. The van der Waals surface area contributed by atoms with Crippen LogP contribution in [0.3, 0.4) is 0 Å². The summed E-state index contributed by atoms with van der Waals surface area (Å²) in [6.45, 7) is 1.62. The molecule has 1 amide bonds. The number of amides is 1. The van der Waals surface area contributed by atoms with Crippen LogP contribution in [-0.2, 0) is 4.79 Å². The SMILES string of the molecule is Cc1ccc(NC(=O)CSc2nnc(-c3cccc(O)c3)o2)cc1[N+](=O)[O-]. The fourth-order valence-electron chi connectivity index (χ4n) is 2.23. The Kier molecular flexibility index (Phi) is 5.36. The van der Waals surface area contributed by atoms with Gasteiger partial charge in [-0.3, -0.25) is 14.9 Å². The first-order valence-electron chi connectivity index (χ1n) is 7.73. The van der Waals surface area contributed by atoms with Gasteiger partial charge < -0.3 is 14.8 Å². The van der Waals surface area contributed by atoms with Crippen molar-refractivity contribution in [3.8, 4) is 17.2 Å². The van der Waals surface area contributed by atoms with Crippen molar-refractivity contribution in [2.24, 2.45) is 0 Å². The number of rotatable bonds is 6. The third-order valence-corrected chi connectivity index (χ3v) is 4.33. The lowest BCUT2D eigenvalue weighted by atomic mass is 10.2. The Morgan fingerprint density at radius 1 is 1.30 bits per heavy atom. The number of nitrogens with zero attached hydrogens (tertiary/aromatic N) is 3. The van der Waals surface area contributed by atoms with Crippen LogP contribution in [0.5, 0.6) is 5.75 Å². The predicted molar refractivity (Wildman–Crippen MR) is 98.6 cm³/mol. The zero-order valence-corrected chi connectivity index (χ0v) is 14.9. The number of thioether (sulfide) groups is 1. The van der Waals surface area contributed by atoms with Crippen LogP contribution in [0, 0.1) is 17.0 Å². The molecule has 1 aromatic heterocycles. The summed E-state index contributed by atoms with van der Waals surface area (Å²) in [5.74, 6) is -0.0757. The van der Waals surface area contributed by atoms with E-state index < -0.39 is 4.92 Å². The molecular weight excluding hydrogens is 372 g/mol. The van der Waals surface area contributed by atoms with E-state index in [1.165, 1.54) is 18.2 Å². The number of aryl methyl sites for hydroxylation is 1. The summed E-state index contributed by atoms with van der Waals surface area (Å²) >= 11 is 1.03. The number of nitrogens with one attached hydrogen (secondary N) is 1. The van der Waals surface area contributed by atoms with Gasteiger partial charge in [-0.1, -0.05) is 23.9 Å². The van der Waals surface area contributed by atoms with Crippen molar-refractivity contribution in [3.05, 3.63) is 58.1 Å². The van der Waals surface area contributed by atoms with Crippen LogP contribution in [0.25, 0.3) is 11.5 Å². The minimum absolute atomic E-state index is 0.0106. The van der Waals surface area contributed by atoms with Crippen molar-refractivity contribution < 1.29 is 19.2 Å². The summed E-state index contributed by atoms with van der Waals surface area (Å²) in [5.41, 5.74) is 1.35. The molecule has 9 nitrogen and oxygen atoms in total. The lowest BCUT2D eigenvalue weighted by molar-refractivity contribution is -0.385. The number of nitro groups is 1. The Morgan fingerprint density at radius 3 is 2.85 bits per heavy atom. The molecule has 3 aromatic rings. The number of aromatic hydroxyl groups is 1. The summed E-state index contributed by atoms with van der Waals surface area (Å²) in [6, 6.07) is 10.8. The monoisotopic (exact) mass is 386 g/mol. The fourth-order valence-corrected chi connectivity index (χ4v) is 2.80. The number of phenols is 1. The smallest absolute Gasteiger partial charge is 0.277 e. The van der Waals surface area contributed by atoms with Gasteiger partial charge in [-0.05, 0) is 31.2 Å². The Balaban J connectivity index is 1.60. The van der Waals surface area contributed by atoms with Gasteiger partial charge >= 0.3 is 0 Å². The van der Waals surface area contributed by atoms with Crippen molar-refractivity contribution in [2.45, 2.75) is 12.1 Å². The molecule has 0 bridgehead atoms. The molecule has 0 aliphatic carbocycles.